The van der Waals surface area contributed by atoms with Gasteiger partial charge in [-0.2, -0.15) is 0 Å². The zero-order chi connectivity index (χ0) is 27.7. The zero-order valence-corrected chi connectivity index (χ0v) is 22.1. The molecule has 3 unspecified atom stereocenters. The number of carbonyl (C=O) groups excluding carboxylic acids is 2. The number of ether oxygens (including phenoxy) is 1. The third-order valence-corrected chi connectivity index (χ3v) is 5.94. The average Bonchev–Trinajstić information content (AvgIpc) is 2.85. The third kappa shape index (κ3) is 9.12. The molecule has 6 N–H and O–H groups in total. The van der Waals surface area contributed by atoms with Gasteiger partial charge in [0.05, 0.1) is 17.8 Å². The Hall–Kier alpha value is -4.04. The van der Waals surface area contributed by atoms with E-state index in [-0.39, 0.29) is 23.4 Å². The smallest absolute Gasteiger partial charge is 0.407 e. The molecule has 0 spiro atoms. The average molecular weight is 520 g/mol. The topological polar surface area (TPSA) is 134 Å². The molecule has 0 aliphatic carbocycles. The van der Waals surface area contributed by atoms with Gasteiger partial charge in [0, 0.05) is 11.6 Å². The number of aliphatic hydroxyl groups is 1. The summed E-state index contributed by atoms with van der Waals surface area (Å²) in [6, 6.07) is 22.3. The number of amides is 2. The third-order valence-electron chi connectivity index (χ3n) is 5.94. The summed E-state index contributed by atoms with van der Waals surface area (Å²) in [5, 5.41) is 26.9. The van der Waals surface area contributed by atoms with Crippen molar-refractivity contribution in [2.75, 3.05) is 5.73 Å². The van der Waals surface area contributed by atoms with E-state index in [0.29, 0.717) is 12.8 Å². The monoisotopic (exact) mass is 519 g/mol. The van der Waals surface area contributed by atoms with Crippen molar-refractivity contribution in [3.05, 3.63) is 95.6 Å². The molecular weight excluding hydrogens is 482 g/mol. The molecule has 8 nitrogen and oxygen atoms in total. The Balaban J connectivity index is 1.81. The van der Waals surface area contributed by atoms with E-state index >= 15 is 0 Å². The molecule has 0 aliphatic heterocycles. The van der Waals surface area contributed by atoms with Crippen molar-refractivity contribution < 1.29 is 24.5 Å². The molecule has 0 aromatic heterocycles. The minimum absolute atomic E-state index is 0.0855. The van der Waals surface area contributed by atoms with Crippen LogP contribution in [0.2, 0.25) is 0 Å². The number of nitrogens with one attached hydrogen (secondary N) is 2. The number of benzene rings is 3. The molecule has 8 heteroatoms. The van der Waals surface area contributed by atoms with E-state index in [0.717, 1.165) is 11.1 Å². The number of nitrogen functional groups attached to an aromatic ring is 1. The first-order valence-electron chi connectivity index (χ1n) is 12.6. The van der Waals surface area contributed by atoms with Crippen LogP contribution in [0.15, 0.2) is 78.9 Å². The Bertz CT molecular complexity index is 1200. The summed E-state index contributed by atoms with van der Waals surface area (Å²) < 4.78 is 5.45. The van der Waals surface area contributed by atoms with Crippen LogP contribution in [0.25, 0.3) is 0 Å². The summed E-state index contributed by atoms with van der Waals surface area (Å²) in [7, 11) is 0. The van der Waals surface area contributed by atoms with Crippen molar-refractivity contribution in [3.8, 4) is 5.75 Å². The summed E-state index contributed by atoms with van der Waals surface area (Å²) in [6.45, 7) is 5.36. The number of carbonyl (C=O) groups is 2. The predicted octanol–water partition coefficient (Wildman–Crippen LogP) is 4.20. The van der Waals surface area contributed by atoms with Crippen molar-refractivity contribution in [2.45, 2.75) is 63.8 Å². The van der Waals surface area contributed by atoms with Crippen LogP contribution in [0.4, 0.5) is 10.5 Å². The summed E-state index contributed by atoms with van der Waals surface area (Å²) in [5.74, 6) is -0.546. The van der Waals surface area contributed by atoms with E-state index in [1.807, 2.05) is 60.7 Å². The summed E-state index contributed by atoms with van der Waals surface area (Å²) in [5.41, 5.74) is 7.37. The summed E-state index contributed by atoms with van der Waals surface area (Å²) in [6.07, 6.45) is -0.571. The van der Waals surface area contributed by atoms with Gasteiger partial charge in [-0.15, -0.1) is 0 Å². The molecule has 0 saturated carbocycles. The van der Waals surface area contributed by atoms with Crippen molar-refractivity contribution in [3.63, 3.8) is 0 Å². The number of alkyl carbamates (subject to hydrolysis) is 1. The number of rotatable bonds is 10. The molecule has 2 amide bonds. The van der Waals surface area contributed by atoms with Crippen molar-refractivity contribution in [2.24, 2.45) is 0 Å². The van der Waals surface area contributed by atoms with Gasteiger partial charge < -0.3 is 31.3 Å². The predicted molar refractivity (Wildman–Crippen MR) is 148 cm³/mol. The lowest BCUT2D eigenvalue weighted by molar-refractivity contribution is 0.0463. The maximum atomic E-state index is 13.1. The fraction of sp³-hybridized carbons (Fsp3) is 0.333. The summed E-state index contributed by atoms with van der Waals surface area (Å²) >= 11 is 0. The first-order valence-corrected chi connectivity index (χ1v) is 12.6. The zero-order valence-electron chi connectivity index (χ0n) is 22.1. The minimum atomic E-state index is -1.00. The number of nitrogens with two attached hydrogens (primary N) is 1. The minimum Gasteiger partial charge on any atom is -0.506 e. The van der Waals surface area contributed by atoms with Gasteiger partial charge in [0.1, 0.15) is 11.4 Å². The summed E-state index contributed by atoms with van der Waals surface area (Å²) in [4.78, 5) is 25.7. The lowest BCUT2D eigenvalue weighted by Gasteiger charge is -2.29. The van der Waals surface area contributed by atoms with E-state index in [9.17, 15) is 19.8 Å². The molecule has 0 heterocycles. The Labute approximate surface area is 223 Å². The largest absolute Gasteiger partial charge is 0.506 e. The van der Waals surface area contributed by atoms with E-state index in [4.69, 9.17) is 10.5 Å². The molecule has 202 valence electrons. The van der Waals surface area contributed by atoms with Crippen LogP contribution in [-0.4, -0.2) is 46.0 Å². The molecule has 0 bridgehead atoms. The van der Waals surface area contributed by atoms with Gasteiger partial charge in [-0.3, -0.25) is 4.79 Å². The quantitative estimate of drug-likeness (QED) is 0.201. The standard InChI is InChI=1S/C30H37N3O5/c1-30(2,3)38-29(37)32-23(16-20-10-6-4-7-11-20)19-27(35)25(17-21-12-8-5-9-13-21)33-28(36)22-14-15-26(34)24(31)18-22/h4-15,18,23,25,27,34-35H,16-17,19,31H2,1-3H3,(H,32,37)(H,33,36). The fourth-order valence-corrected chi connectivity index (χ4v) is 4.12. The number of phenols is 1. The molecule has 3 aromatic carbocycles. The highest BCUT2D eigenvalue weighted by atomic mass is 16.6. The van der Waals surface area contributed by atoms with Crippen LogP contribution in [0, 0.1) is 0 Å². The van der Waals surface area contributed by atoms with Crippen molar-refractivity contribution >= 4 is 17.7 Å². The van der Waals surface area contributed by atoms with Crippen LogP contribution in [0.5, 0.6) is 5.75 Å². The van der Waals surface area contributed by atoms with Crippen molar-refractivity contribution in [1.29, 1.82) is 0 Å². The lowest BCUT2D eigenvalue weighted by Crippen LogP contribution is -2.49. The van der Waals surface area contributed by atoms with Crippen LogP contribution >= 0.6 is 0 Å². The molecule has 0 radical (unpaired) electrons. The Kier molecular flexibility index (Phi) is 9.73. The number of hydrogen-bond acceptors (Lipinski definition) is 6. The number of anilines is 1. The fourth-order valence-electron chi connectivity index (χ4n) is 4.12. The SMILES string of the molecule is CC(C)(C)OC(=O)NC(Cc1ccccc1)CC(O)C(Cc1ccccc1)NC(=O)c1ccc(O)c(N)c1. The van der Waals surface area contributed by atoms with Gasteiger partial charge in [-0.05, 0) is 69.4 Å². The first kappa shape index (κ1) is 28.5. The maximum Gasteiger partial charge on any atom is 0.407 e. The molecule has 3 aromatic rings. The van der Waals surface area contributed by atoms with Gasteiger partial charge in [0.2, 0.25) is 0 Å². The molecule has 3 rings (SSSR count). The van der Waals surface area contributed by atoms with Gasteiger partial charge in [-0.25, -0.2) is 4.79 Å². The second-order valence-corrected chi connectivity index (χ2v) is 10.4. The van der Waals surface area contributed by atoms with Crippen LogP contribution < -0.4 is 16.4 Å². The Morgan fingerprint density at radius 1 is 0.895 bits per heavy atom. The van der Waals surface area contributed by atoms with Gasteiger partial charge in [-0.1, -0.05) is 60.7 Å². The van der Waals surface area contributed by atoms with Crippen molar-refractivity contribution in [1.82, 2.24) is 10.6 Å². The molecule has 0 aliphatic rings. The molecular formula is C30H37N3O5. The lowest BCUT2D eigenvalue weighted by atomic mass is 9.93. The second-order valence-electron chi connectivity index (χ2n) is 10.4. The number of aromatic hydroxyl groups is 1. The molecule has 3 atom stereocenters. The number of hydrogen-bond donors (Lipinski definition) is 5. The van der Waals surface area contributed by atoms with E-state index in [1.165, 1.54) is 18.2 Å². The normalized spacial score (nSPS) is 13.7. The highest BCUT2D eigenvalue weighted by molar-refractivity contribution is 5.95. The Morgan fingerprint density at radius 2 is 1.47 bits per heavy atom. The Morgan fingerprint density at radius 3 is 2.03 bits per heavy atom. The number of aliphatic hydroxyl groups excluding tert-OH is 1. The molecule has 0 fully saturated rings. The van der Waals surface area contributed by atoms with E-state index < -0.39 is 35.8 Å². The second kappa shape index (κ2) is 13.0. The van der Waals surface area contributed by atoms with E-state index in [2.05, 4.69) is 10.6 Å². The van der Waals surface area contributed by atoms with Crippen LogP contribution in [0.3, 0.4) is 0 Å². The van der Waals surface area contributed by atoms with E-state index in [1.54, 1.807) is 20.8 Å². The van der Waals surface area contributed by atoms with Gasteiger partial charge >= 0.3 is 6.09 Å². The van der Waals surface area contributed by atoms with Crippen LogP contribution in [0.1, 0.15) is 48.7 Å². The molecule has 38 heavy (non-hydrogen) atoms. The van der Waals surface area contributed by atoms with Crippen LogP contribution in [-0.2, 0) is 17.6 Å². The van der Waals surface area contributed by atoms with Gasteiger partial charge in [0.25, 0.3) is 5.91 Å². The highest BCUT2D eigenvalue weighted by Crippen LogP contribution is 2.21. The molecule has 0 saturated heterocycles. The number of phenolic OH excluding ortho intramolecular Hbond substituents is 1. The highest BCUT2D eigenvalue weighted by Gasteiger charge is 2.28. The van der Waals surface area contributed by atoms with Gasteiger partial charge in [0.15, 0.2) is 0 Å². The first-order chi connectivity index (χ1) is 18.0. The maximum absolute atomic E-state index is 13.1.